The van der Waals surface area contributed by atoms with Crippen LogP contribution in [0, 0.1) is 0 Å². The third-order valence-electron chi connectivity index (χ3n) is 2.22. The maximum atomic E-state index is 12.3. The van der Waals surface area contributed by atoms with Gasteiger partial charge in [0, 0.05) is 16.1 Å². The second-order valence-electron chi connectivity index (χ2n) is 3.63. The van der Waals surface area contributed by atoms with E-state index in [1.165, 1.54) is 24.4 Å². The highest BCUT2D eigenvalue weighted by molar-refractivity contribution is 9.10. The molecule has 0 atom stereocenters. The lowest BCUT2D eigenvalue weighted by atomic mass is 10.2. The Hall–Kier alpha value is -1.90. The second-order valence-corrected chi connectivity index (χ2v) is 4.48. The Morgan fingerprint density at radius 2 is 2.05 bits per heavy atom. The summed E-state index contributed by atoms with van der Waals surface area (Å²) in [7, 11) is 0. The predicted octanol–water partition coefficient (Wildman–Crippen LogP) is 3.36. The molecule has 0 bridgehead atoms. The maximum absolute atomic E-state index is 12.3. The minimum atomic E-state index is -4.79. The van der Waals surface area contributed by atoms with Gasteiger partial charge in [0.05, 0.1) is 6.20 Å². The Labute approximate surface area is 119 Å². The van der Waals surface area contributed by atoms with Crippen LogP contribution in [0.2, 0.25) is 0 Å². The number of ether oxygens (including phenoxy) is 2. The molecule has 0 spiro atoms. The molecule has 0 aliphatic rings. The molecule has 1 heterocycles. The predicted molar refractivity (Wildman–Crippen MR) is 64.6 cm³/mol. The van der Waals surface area contributed by atoms with Gasteiger partial charge in [-0.05, 0) is 12.1 Å². The topological polar surface area (TPSA) is 56.5 Å². The summed E-state index contributed by atoms with van der Waals surface area (Å²) >= 11 is 3.13. The summed E-state index contributed by atoms with van der Waals surface area (Å²) in [6.45, 7) is -0.205. The largest absolute Gasteiger partial charge is 0.573 e. The van der Waals surface area contributed by atoms with Gasteiger partial charge in [0.1, 0.15) is 12.4 Å². The van der Waals surface area contributed by atoms with E-state index in [0.717, 1.165) is 0 Å². The van der Waals surface area contributed by atoms with Gasteiger partial charge in [0.25, 0.3) is 0 Å². The van der Waals surface area contributed by atoms with E-state index in [4.69, 9.17) is 9.94 Å². The van der Waals surface area contributed by atoms with E-state index in [1.54, 1.807) is 6.07 Å². The highest BCUT2D eigenvalue weighted by Gasteiger charge is 2.32. The average Bonchev–Trinajstić information content (AvgIpc) is 2.72. The van der Waals surface area contributed by atoms with Gasteiger partial charge in [-0.25, -0.2) is 0 Å². The molecule has 108 valence electrons. The molecule has 1 aromatic heterocycles. The van der Waals surface area contributed by atoms with Gasteiger partial charge in [-0.2, -0.15) is 0 Å². The van der Waals surface area contributed by atoms with E-state index in [2.05, 4.69) is 25.8 Å². The Morgan fingerprint density at radius 1 is 1.30 bits per heavy atom. The number of alkyl halides is 3. The zero-order valence-corrected chi connectivity index (χ0v) is 11.3. The fourth-order valence-corrected chi connectivity index (χ4v) is 1.88. The van der Waals surface area contributed by atoms with Crippen LogP contribution >= 0.6 is 15.9 Å². The lowest BCUT2D eigenvalue weighted by Crippen LogP contribution is -2.18. The van der Waals surface area contributed by atoms with Gasteiger partial charge in [-0.15, -0.1) is 18.0 Å². The quantitative estimate of drug-likeness (QED) is 0.857. The van der Waals surface area contributed by atoms with Crippen molar-refractivity contribution >= 4 is 15.9 Å². The summed E-state index contributed by atoms with van der Waals surface area (Å²) in [6.07, 6.45) is -3.56. The highest BCUT2D eigenvalue weighted by atomic mass is 79.9. The first kappa shape index (κ1) is 14.5. The number of halogens is 4. The molecule has 1 N–H and O–H groups in total. The Bertz CT molecular complexity index is 601. The van der Waals surface area contributed by atoms with Crippen molar-refractivity contribution < 1.29 is 27.9 Å². The van der Waals surface area contributed by atoms with Gasteiger partial charge in [0.2, 0.25) is 5.88 Å². The molecule has 0 radical (unpaired) electrons. The van der Waals surface area contributed by atoms with Crippen LogP contribution in [0.15, 0.2) is 34.9 Å². The highest BCUT2D eigenvalue weighted by Crippen LogP contribution is 2.32. The summed E-state index contributed by atoms with van der Waals surface area (Å²) in [5, 5.41) is 12.5. The van der Waals surface area contributed by atoms with Crippen LogP contribution in [-0.4, -0.2) is 21.5 Å². The van der Waals surface area contributed by atoms with E-state index >= 15 is 0 Å². The lowest BCUT2D eigenvalue weighted by Gasteiger charge is -2.14. The summed E-state index contributed by atoms with van der Waals surface area (Å²) in [6, 6.07) is 5.52. The Morgan fingerprint density at radius 3 is 2.65 bits per heavy atom. The molecule has 0 aliphatic heterocycles. The second kappa shape index (κ2) is 5.61. The van der Waals surface area contributed by atoms with Crippen LogP contribution in [0.5, 0.6) is 11.6 Å². The average molecular weight is 353 g/mol. The van der Waals surface area contributed by atoms with Crippen molar-refractivity contribution in [2.45, 2.75) is 13.0 Å². The van der Waals surface area contributed by atoms with E-state index < -0.39 is 6.36 Å². The Balaban J connectivity index is 2.17. The van der Waals surface area contributed by atoms with Crippen molar-refractivity contribution in [2.75, 3.05) is 0 Å². The summed E-state index contributed by atoms with van der Waals surface area (Å²) in [4.78, 5) is 0.530. The van der Waals surface area contributed by atoms with Crippen LogP contribution in [0.1, 0.15) is 5.56 Å². The van der Waals surface area contributed by atoms with E-state index in [9.17, 15) is 13.2 Å². The number of aromatic nitrogens is 2. The zero-order chi connectivity index (χ0) is 14.8. The molecule has 1 aromatic carbocycles. The van der Waals surface area contributed by atoms with Crippen molar-refractivity contribution in [1.82, 2.24) is 9.94 Å². The molecule has 0 fully saturated rings. The molecule has 0 saturated carbocycles. The molecule has 0 saturated heterocycles. The van der Waals surface area contributed by atoms with E-state index in [-0.39, 0.29) is 23.8 Å². The monoisotopic (exact) mass is 352 g/mol. The standard InChI is InChI=1S/C11H8BrF3N2O3/c12-8-2-1-3-9(20-11(13,14)15)7(8)6-19-10-4-5-17(18)16-10/h1-5,18H,6H2. The maximum Gasteiger partial charge on any atom is 0.573 e. The molecular formula is C11H8BrF3N2O3. The first-order valence-corrected chi connectivity index (χ1v) is 6.05. The van der Waals surface area contributed by atoms with Crippen LogP contribution in [0.4, 0.5) is 13.2 Å². The third-order valence-corrected chi connectivity index (χ3v) is 2.96. The first-order chi connectivity index (χ1) is 9.35. The van der Waals surface area contributed by atoms with Crippen molar-refractivity contribution in [3.8, 4) is 11.6 Å². The van der Waals surface area contributed by atoms with Crippen molar-refractivity contribution in [3.63, 3.8) is 0 Å². The van der Waals surface area contributed by atoms with Crippen molar-refractivity contribution in [3.05, 3.63) is 40.5 Å². The summed E-state index contributed by atoms with van der Waals surface area (Å²) in [5.41, 5.74) is 0.178. The van der Waals surface area contributed by atoms with Crippen LogP contribution in [-0.2, 0) is 6.61 Å². The fourth-order valence-electron chi connectivity index (χ4n) is 1.42. The van der Waals surface area contributed by atoms with Crippen LogP contribution < -0.4 is 9.47 Å². The molecule has 0 unspecified atom stereocenters. The van der Waals surface area contributed by atoms with Crippen LogP contribution in [0.3, 0.4) is 0 Å². The molecule has 20 heavy (non-hydrogen) atoms. The normalized spacial score (nSPS) is 11.4. The number of rotatable bonds is 4. The van der Waals surface area contributed by atoms with Gasteiger partial charge >= 0.3 is 6.36 Å². The first-order valence-electron chi connectivity index (χ1n) is 5.26. The summed E-state index contributed by atoms with van der Waals surface area (Å²) in [5.74, 6) is -0.295. The number of hydrogen-bond acceptors (Lipinski definition) is 4. The minimum Gasteiger partial charge on any atom is -0.471 e. The molecule has 5 nitrogen and oxygen atoms in total. The fraction of sp³-hybridized carbons (Fsp3) is 0.182. The Kier molecular flexibility index (Phi) is 4.07. The van der Waals surface area contributed by atoms with Crippen LogP contribution in [0.25, 0.3) is 0 Å². The molecular weight excluding hydrogens is 345 g/mol. The van der Waals surface area contributed by atoms with Crippen molar-refractivity contribution in [1.29, 1.82) is 0 Å². The number of hydrogen-bond donors (Lipinski definition) is 1. The van der Waals surface area contributed by atoms with Gasteiger partial charge in [-0.3, -0.25) is 0 Å². The van der Waals surface area contributed by atoms with E-state index in [1.807, 2.05) is 0 Å². The molecule has 0 amide bonds. The zero-order valence-electron chi connectivity index (χ0n) is 9.76. The molecule has 2 aromatic rings. The minimum absolute atomic E-state index is 0.0706. The third kappa shape index (κ3) is 3.80. The SMILES string of the molecule is On1ccc(OCc2c(Br)cccc2OC(F)(F)F)n1. The van der Waals surface area contributed by atoms with Crippen molar-refractivity contribution in [2.24, 2.45) is 0 Å². The lowest BCUT2D eigenvalue weighted by molar-refractivity contribution is -0.275. The summed E-state index contributed by atoms with van der Waals surface area (Å²) < 4.78 is 46.4. The number of nitrogens with zero attached hydrogens (tertiary/aromatic N) is 2. The molecule has 2 rings (SSSR count). The smallest absolute Gasteiger partial charge is 0.471 e. The van der Waals surface area contributed by atoms with Gasteiger partial charge in [0.15, 0.2) is 0 Å². The molecule has 9 heteroatoms. The van der Waals surface area contributed by atoms with Gasteiger partial charge in [-0.1, -0.05) is 27.1 Å². The molecule has 0 aliphatic carbocycles. The number of benzene rings is 1. The van der Waals surface area contributed by atoms with Gasteiger partial charge < -0.3 is 14.7 Å². The van der Waals surface area contributed by atoms with E-state index in [0.29, 0.717) is 9.32 Å².